The number of hydrogen-bond donors (Lipinski definition) is 0. The van der Waals surface area contributed by atoms with E-state index in [0.717, 1.165) is 19.1 Å². The van der Waals surface area contributed by atoms with E-state index in [1.807, 2.05) is 17.5 Å². The van der Waals surface area contributed by atoms with Crippen LogP contribution in [0.25, 0.3) is 10.1 Å². The minimum absolute atomic E-state index is 0.760. The van der Waals surface area contributed by atoms with E-state index in [2.05, 4.69) is 32.3 Å². The van der Waals surface area contributed by atoms with Crippen LogP contribution in [0.5, 0.6) is 0 Å². The summed E-state index contributed by atoms with van der Waals surface area (Å²) >= 11 is 1.82. The van der Waals surface area contributed by atoms with Gasteiger partial charge in [0.15, 0.2) is 0 Å². The van der Waals surface area contributed by atoms with Crippen LogP contribution in [0.3, 0.4) is 0 Å². The molecule has 3 nitrogen and oxygen atoms in total. The maximum Gasteiger partial charge on any atom is 0.146 e. The summed E-state index contributed by atoms with van der Waals surface area (Å²) in [6.45, 7) is 4.79. The minimum Gasteiger partial charge on any atom is -0.353 e. The number of pyridine rings is 1. The largest absolute Gasteiger partial charge is 0.353 e. The Balaban J connectivity index is 1.68. The Hall–Kier alpha value is -1.13. The van der Waals surface area contributed by atoms with Crippen molar-refractivity contribution in [3.63, 3.8) is 0 Å². The van der Waals surface area contributed by atoms with Crippen LogP contribution in [0.2, 0.25) is 0 Å². The number of thiophene rings is 1. The Morgan fingerprint density at radius 1 is 1.22 bits per heavy atom. The van der Waals surface area contributed by atoms with E-state index >= 15 is 0 Å². The summed E-state index contributed by atoms with van der Waals surface area (Å²) in [4.78, 5) is 9.77. The van der Waals surface area contributed by atoms with Gasteiger partial charge in [-0.3, -0.25) is 4.90 Å². The summed E-state index contributed by atoms with van der Waals surface area (Å²) in [6, 6.07) is 5.06. The first-order valence-electron chi connectivity index (χ1n) is 6.73. The fraction of sp³-hybridized carbons (Fsp3) is 0.500. The van der Waals surface area contributed by atoms with Crippen LogP contribution < -0.4 is 4.90 Å². The third-order valence-corrected chi connectivity index (χ3v) is 5.16. The van der Waals surface area contributed by atoms with Gasteiger partial charge in [-0.15, -0.1) is 11.3 Å². The molecule has 4 rings (SSSR count). The number of fused-ring (bicyclic) bond motifs is 2. The molecular formula is C14H17N3S. The highest BCUT2D eigenvalue weighted by Gasteiger charge is 2.31. The van der Waals surface area contributed by atoms with Crippen LogP contribution >= 0.6 is 11.3 Å². The predicted octanol–water partition coefficient (Wildman–Crippen LogP) is 2.58. The zero-order valence-corrected chi connectivity index (χ0v) is 11.2. The standard InChI is InChI=1S/C14H17N3S/c1-2-12-10-17(8-7-16(12)6-1)14-13-11(3-5-15-14)4-9-18-13/h3-5,9,12H,1-2,6-8,10H2. The lowest BCUT2D eigenvalue weighted by atomic mass is 10.1. The van der Waals surface area contributed by atoms with Crippen molar-refractivity contribution in [2.45, 2.75) is 18.9 Å². The second-order valence-electron chi connectivity index (χ2n) is 5.25. The number of rotatable bonds is 1. The monoisotopic (exact) mass is 259 g/mol. The van der Waals surface area contributed by atoms with Gasteiger partial charge in [0.05, 0.1) is 4.70 Å². The van der Waals surface area contributed by atoms with Crippen LogP contribution in [0.1, 0.15) is 12.8 Å². The van der Waals surface area contributed by atoms with Crippen molar-refractivity contribution in [2.24, 2.45) is 0 Å². The first-order chi connectivity index (χ1) is 8.92. The van der Waals surface area contributed by atoms with Crippen molar-refractivity contribution in [1.29, 1.82) is 0 Å². The van der Waals surface area contributed by atoms with Gasteiger partial charge < -0.3 is 4.90 Å². The zero-order chi connectivity index (χ0) is 11.9. The molecule has 0 bridgehead atoms. The molecule has 0 saturated carbocycles. The maximum atomic E-state index is 4.63. The molecule has 0 aliphatic carbocycles. The van der Waals surface area contributed by atoms with Gasteiger partial charge in [-0.1, -0.05) is 0 Å². The lowest BCUT2D eigenvalue weighted by molar-refractivity contribution is 0.230. The second-order valence-corrected chi connectivity index (χ2v) is 6.17. The van der Waals surface area contributed by atoms with Gasteiger partial charge in [0.2, 0.25) is 0 Å². The van der Waals surface area contributed by atoms with Crippen LogP contribution in [0.15, 0.2) is 23.7 Å². The molecule has 0 N–H and O–H groups in total. The zero-order valence-electron chi connectivity index (χ0n) is 10.4. The molecule has 2 aromatic heterocycles. The molecular weight excluding hydrogens is 242 g/mol. The van der Waals surface area contributed by atoms with E-state index in [9.17, 15) is 0 Å². The summed E-state index contributed by atoms with van der Waals surface area (Å²) in [5, 5.41) is 3.50. The fourth-order valence-electron chi connectivity index (χ4n) is 3.29. The Morgan fingerprint density at radius 2 is 2.22 bits per heavy atom. The number of nitrogens with zero attached hydrogens (tertiary/aromatic N) is 3. The molecule has 1 unspecified atom stereocenters. The third-order valence-electron chi connectivity index (χ3n) is 4.24. The molecule has 2 aliphatic rings. The van der Waals surface area contributed by atoms with E-state index in [1.54, 1.807) is 0 Å². The Bertz CT molecular complexity index is 565. The van der Waals surface area contributed by atoms with Gasteiger partial charge in [0.25, 0.3) is 0 Å². The van der Waals surface area contributed by atoms with Crippen LogP contribution in [-0.4, -0.2) is 42.1 Å². The first kappa shape index (κ1) is 10.8. The molecule has 0 radical (unpaired) electrons. The van der Waals surface area contributed by atoms with Gasteiger partial charge in [0, 0.05) is 31.9 Å². The molecule has 18 heavy (non-hydrogen) atoms. The minimum atomic E-state index is 0.760. The van der Waals surface area contributed by atoms with Gasteiger partial charge in [-0.25, -0.2) is 4.98 Å². The highest BCUT2D eigenvalue weighted by molar-refractivity contribution is 7.17. The SMILES string of the molecule is c1cc2ccsc2c(N2CCN3CCCC3C2)n1. The molecule has 94 valence electrons. The molecule has 4 heteroatoms. The van der Waals surface area contributed by atoms with Gasteiger partial charge >= 0.3 is 0 Å². The molecule has 2 aromatic rings. The molecule has 1 atom stereocenters. The Kier molecular flexibility index (Phi) is 2.52. The van der Waals surface area contributed by atoms with Crippen molar-refractivity contribution >= 4 is 27.2 Å². The maximum absolute atomic E-state index is 4.63. The molecule has 2 saturated heterocycles. The molecule has 0 amide bonds. The van der Waals surface area contributed by atoms with Crippen molar-refractivity contribution in [2.75, 3.05) is 31.1 Å². The lowest BCUT2D eigenvalue weighted by Gasteiger charge is -2.38. The van der Waals surface area contributed by atoms with Crippen molar-refractivity contribution in [1.82, 2.24) is 9.88 Å². The highest BCUT2D eigenvalue weighted by Crippen LogP contribution is 2.32. The van der Waals surface area contributed by atoms with Crippen molar-refractivity contribution in [3.05, 3.63) is 23.7 Å². The lowest BCUT2D eigenvalue weighted by Crippen LogP contribution is -2.50. The van der Waals surface area contributed by atoms with Crippen LogP contribution in [0.4, 0.5) is 5.82 Å². The molecule has 2 aliphatic heterocycles. The summed E-state index contributed by atoms with van der Waals surface area (Å²) in [5.41, 5.74) is 0. The predicted molar refractivity (Wildman–Crippen MR) is 76.4 cm³/mol. The second kappa shape index (κ2) is 4.21. The van der Waals surface area contributed by atoms with E-state index in [0.29, 0.717) is 0 Å². The number of piperazine rings is 1. The summed E-state index contributed by atoms with van der Waals surface area (Å²) in [7, 11) is 0. The van der Waals surface area contributed by atoms with Crippen molar-refractivity contribution in [3.8, 4) is 0 Å². The fourth-order valence-corrected chi connectivity index (χ4v) is 4.20. The summed E-state index contributed by atoms with van der Waals surface area (Å²) in [5.74, 6) is 1.20. The topological polar surface area (TPSA) is 19.4 Å². The van der Waals surface area contributed by atoms with Gasteiger partial charge in [-0.05, 0) is 42.3 Å². The summed E-state index contributed by atoms with van der Waals surface area (Å²) < 4.78 is 1.35. The Labute approximate surface area is 111 Å². The average molecular weight is 259 g/mol. The van der Waals surface area contributed by atoms with Crippen LogP contribution in [-0.2, 0) is 0 Å². The van der Waals surface area contributed by atoms with Crippen molar-refractivity contribution < 1.29 is 0 Å². The van der Waals surface area contributed by atoms with E-state index < -0.39 is 0 Å². The van der Waals surface area contributed by atoms with Crippen LogP contribution in [0, 0.1) is 0 Å². The highest BCUT2D eigenvalue weighted by atomic mass is 32.1. The summed E-state index contributed by atoms with van der Waals surface area (Å²) in [6.07, 6.45) is 4.68. The first-order valence-corrected chi connectivity index (χ1v) is 7.61. The van der Waals surface area contributed by atoms with Gasteiger partial charge in [0.1, 0.15) is 5.82 Å². The molecule has 4 heterocycles. The number of hydrogen-bond acceptors (Lipinski definition) is 4. The number of anilines is 1. The van der Waals surface area contributed by atoms with E-state index in [-0.39, 0.29) is 0 Å². The number of aromatic nitrogens is 1. The van der Waals surface area contributed by atoms with E-state index in [1.165, 1.54) is 41.8 Å². The van der Waals surface area contributed by atoms with Gasteiger partial charge in [-0.2, -0.15) is 0 Å². The Morgan fingerprint density at radius 3 is 3.22 bits per heavy atom. The normalized spacial score (nSPS) is 24.7. The quantitative estimate of drug-likeness (QED) is 0.784. The molecule has 0 aromatic carbocycles. The molecule has 0 spiro atoms. The third kappa shape index (κ3) is 1.63. The smallest absolute Gasteiger partial charge is 0.146 e. The molecule has 2 fully saturated rings. The average Bonchev–Trinajstić information content (AvgIpc) is 3.05. The van der Waals surface area contributed by atoms with E-state index in [4.69, 9.17) is 0 Å².